The van der Waals surface area contributed by atoms with Crippen LogP contribution < -0.4 is 5.32 Å². The maximum absolute atomic E-state index is 9.83. The summed E-state index contributed by atoms with van der Waals surface area (Å²) < 4.78 is 0. The van der Waals surface area contributed by atoms with Gasteiger partial charge in [-0.25, -0.2) is 0 Å². The lowest BCUT2D eigenvalue weighted by Gasteiger charge is -2.26. The summed E-state index contributed by atoms with van der Waals surface area (Å²) in [5.74, 6) is -0.0857. The second-order valence-electron chi connectivity index (χ2n) is 5.31. The van der Waals surface area contributed by atoms with Crippen molar-refractivity contribution in [3.8, 4) is 11.5 Å². The molecule has 3 heteroatoms. The maximum Gasteiger partial charge on any atom is 0.161 e. The molecule has 0 saturated heterocycles. The SMILES string of the molecule is Oc1cccc(CNC2CCCc3ccccc32)c1O. The first-order valence-corrected chi connectivity index (χ1v) is 7.06. The van der Waals surface area contributed by atoms with Gasteiger partial charge in [0.1, 0.15) is 0 Å². The lowest BCUT2D eigenvalue weighted by molar-refractivity contribution is 0.393. The molecular weight excluding hydrogens is 250 g/mol. The Morgan fingerprint density at radius 2 is 1.90 bits per heavy atom. The number of aryl methyl sites for hydroxylation is 1. The molecule has 0 fully saturated rings. The van der Waals surface area contributed by atoms with Gasteiger partial charge in [0, 0.05) is 18.2 Å². The Hall–Kier alpha value is -2.00. The van der Waals surface area contributed by atoms with E-state index < -0.39 is 0 Å². The lowest BCUT2D eigenvalue weighted by Crippen LogP contribution is -2.24. The smallest absolute Gasteiger partial charge is 0.161 e. The second-order valence-corrected chi connectivity index (χ2v) is 5.31. The number of aromatic hydroxyl groups is 2. The minimum absolute atomic E-state index is 0.0240. The van der Waals surface area contributed by atoms with Crippen molar-refractivity contribution in [3.63, 3.8) is 0 Å². The van der Waals surface area contributed by atoms with Crippen LogP contribution >= 0.6 is 0 Å². The molecule has 0 aliphatic heterocycles. The average molecular weight is 269 g/mol. The third-order valence-electron chi connectivity index (χ3n) is 4.01. The van der Waals surface area contributed by atoms with E-state index >= 15 is 0 Å². The molecule has 1 atom stereocenters. The molecule has 1 aliphatic rings. The van der Waals surface area contributed by atoms with E-state index in [-0.39, 0.29) is 11.5 Å². The van der Waals surface area contributed by atoms with Gasteiger partial charge in [-0.1, -0.05) is 36.4 Å². The van der Waals surface area contributed by atoms with Gasteiger partial charge in [0.05, 0.1) is 0 Å². The van der Waals surface area contributed by atoms with Crippen molar-refractivity contribution >= 4 is 0 Å². The summed E-state index contributed by atoms with van der Waals surface area (Å²) in [6.07, 6.45) is 3.43. The van der Waals surface area contributed by atoms with Gasteiger partial charge >= 0.3 is 0 Å². The minimum Gasteiger partial charge on any atom is -0.504 e. The number of benzene rings is 2. The van der Waals surface area contributed by atoms with Crippen LogP contribution in [0.4, 0.5) is 0 Å². The number of fused-ring (bicyclic) bond motifs is 1. The van der Waals surface area contributed by atoms with Crippen LogP contribution in [0, 0.1) is 0 Å². The highest BCUT2D eigenvalue weighted by Crippen LogP contribution is 2.32. The number of hydrogen-bond donors (Lipinski definition) is 3. The minimum atomic E-state index is -0.0617. The van der Waals surface area contributed by atoms with Gasteiger partial charge < -0.3 is 15.5 Å². The van der Waals surface area contributed by atoms with E-state index in [0.717, 1.165) is 18.4 Å². The Bertz CT molecular complexity index is 610. The molecule has 0 amide bonds. The van der Waals surface area contributed by atoms with Crippen LogP contribution in [0.3, 0.4) is 0 Å². The number of phenolic OH excluding ortho intramolecular Hbond substituents is 2. The van der Waals surface area contributed by atoms with Crippen molar-refractivity contribution in [1.29, 1.82) is 0 Å². The molecule has 1 unspecified atom stereocenters. The molecule has 0 saturated carbocycles. The fourth-order valence-corrected chi connectivity index (χ4v) is 2.92. The average Bonchev–Trinajstić information content (AvgIpc) is 2.49. The van der Waals surface area contributed by atoms with Crippen molar-refractivity contribution in [2.45, 2.75) is 31.8 Å². The van der Waals surface area contributed by atoms with Crippen molar-refractivity contribution in [3.05, 3.63) is 59.2 Å². The molecule has 3 N–H and O–H groups in total. The van der Waals surface area contributed by atoms with E-state index in [2.05, 4.69) is 29.6 Å². The summed E-state index contributed by atoms with van der Waals surface area (Å²) in [7, 11) is 0. The van der Waals surface area contributed by atoms with E-state index in [4.69, 9.17) is 0 Å². The number of para-hydroxylation sites is 1. The first-order chi connectivity index (χ1) is 9.75. The number of phenols is 2. The molecule has 0 radical (unpaired) electrons. The first kappa shape index (κ1) is 13.0. The molecule has 2 aromatic carbocycles. The van der Waals surface area contributed by atoms with Crippen molar-refractivity contribution in [1.82, 2.24) is 5.32 Å². The van der Waals surface area contributed by atoms with Gasteiger partial charge in [0.25, 0.3) is 0 Å². The molecule has 104 valence electrons. The van der Waals surface area contributed by atoms with Crippen LogP contribution in [0.15, 0.2) is 42.5 Å². The van der Waals surface area contributed by atoms with E-state index in [1.165, 1.54) is 23.6 Å². The molecule has 0 heterocycles. The topological polar surface area (TPSA) is 52.5 Å². The van der Waals surface area contributed by atoms with E-state index in [0.29, 0.717) is 12.6 Å². The molecule has 0 bridgehead atoms. The van der Waals surface area contributed by atoms with Crippen LogP contribution in [0.1, 0.15) is 35.6 Å². The number of nitrogens with one attached hydrogen (secondary N) is 1. The number of rotatable bonds is 3. The van der Waals surface area contributed by atoms with Gasteiger partial charge in [0.15, 0.2) is 11.5 Å². The monoisotopic (exact) mass is 269 g/mol. The summed E-state index contributed by atoms with van der Waals surface area (Å²) in [5.41, 5.74) is 3.50. The van der Waals surface area contributed by atoms with Gasteiger partial charge in [-0.3, -0.25) is 0 Å². The molecule has 1 aliphatic carbocycles. The summed E-state index contributed by atoms with van der Waals surface area (Å²) in [4.78, 5) is 0. The Balaban J connectivity index is 1.75. The highest BCUT2D eigenvalue weighted by molar-refractivity contribution is 5.44. The fourth-order valence-electron chi connectivity index (χ4n) is 2.92. The maximum atomic E-state index is 9.83. The van der Waals surface area contributed by atoms with Crippen LogP contribution in [0.25, 0.3) is 0 Å². The second kappa shape index (κ2) is 5.55. The highest BCUT2D eigenvalue weighted by Gasteiger charge is 2.19. The van der Waals surface area contributed by atoms with Crippen molar-refractivity contribution in [2.75, 3.05) is 0 Å². The van der Waals surface area contributed by atoms with E-state index in [1.807, 2.05) is 6.07 Å². The fraction of sp³-hybridized carbons (Fsp3) is 0.294. The summed E-state index contributed by atoms with van der Waals surface area (Å²) >= 11 is 0. The predicted octanol–water partition coefficient (Wildman–Crippen LogP) is 3.27. The largest absolute Gasteiger partial charge is 0.504 e. The van der Waals surface area contributed by atoms with E-state index in [9.17, 15) is 10.2 Å². The zero-order valence-corrected chi connectivity index (χ0v) is 11.3. The van der Waals surface area contributed by atoms with Crippen LogP contribution in [-0.2, 0) is 13.0 Å². The predicted molar refractivity (Wildman–Crippen MR) is 78.7 cm³/mol. The third-order valence-corrected chi connectivity index (χ3v) is 4.01. The van der Waals surface area contributed by atoms with Gasteiger partial charge in [-0.15, -0.1) is 0 Å². The van der Waals surface area contributed by atoms with Crippen LogP contribution in [-0.4, -0.2) is 10.2 Å². The van der Waals surface area contributed by atoms with Crippen molar-refractivity contribution in [2.24, 2.45) is 0 Å². The zero-order chi connectivity index (χ0) is 13.9. The quantitative estimate of drug-likeness (QED) is 0.750. The third kappa shape index (κ3) is 2.49. The molecule has 0 spiro atoms. The molecule has 3 nitrogen and oxygen atoms in total. The summed E-state index contributed by atoms with van der Waals surface area (Å²) in [5, 5.41) is 22.8. The molecule has 0 aromatic heterocycles. The molecule has 2 aromatic rings. The first-order valence-electron chi connectivity index (χ1n) is 7.06. The van der Waals surface area contributed by atoms with Crippen molar-refractivity contribution < 1.29 is 10.2 Å². The summed E-state index contributed by atoms with van der Waals surface area (Å²) in [6, 6.07) is 13.9. The van der Waals surface area contributed by atoms with E-state index in [1.54, 1.807) is 6.07 Å². The summed E-state index contributed by atoms with van der Waals surface area (Å²) in [6.45, 7) is 0.555. The number of hydrogen-bond acceptors (Lipinski definition) is 3. The Morgan fingerprint density at radius 1 is 1.05 bits per heavy atom. The van der Waals surface area contributed by atoms with Gasteiger partial charge in [-0.2, -0.15) is 0 Å². The molecular formula is C17H19NO2. The molecule has 20 heavy (non-hydrogen) atoms. The standard InChI is InChI=1S/C17H19NO2/c19-16-10-4-7-13(17(16)20)11-18-15-9-3-6-12-5-1-2-8-14(12)15/h1-2,4-5,7-8,10,15,18-20H,3,6,9,11H2. The lowest BCUT2D eigenvalue weighted by atomic mass is 9.87. The Morgan fingerprint density at radius 3 is 2.80 bits per heavy atom. The molecule has 3 rings (SSSR count). The highest BCUT2D eigenvalue weighted by atomic mass is 16.3. The zero-order valence-electron chi connectivity index (χ0n) is 11.3. The normalized spacial score (nSPS) is 17.7. The van der Waals surface area contributed by atoms with Gasteiger partial charge in [0.2, 0.25) is 0 Å². The van der Waals surface area contributed by atoms with Gasteiger partial charge in [-0.05, 0) is 36.5 Å². The van der Waals surface area contributed by atoms with Crippen LogP contribution in [0.5, 0.6) is 11.5 Å². The Labute approximate surface area is 118 Å². The Kier molecular flexibility index (Phi) is 3.61. The van der Waals surface area contributed by atoms with Crippen LogP contribution in [0.2, 0.25) is 0 Å².